The van der Waals surface area contributed by atoms with Crippen LogP contribution in [0.15, 0.2) is 12.2 Å². The van der Waals surface area contributed by atoms with E-state index in [2.05, 4.69) is 37.8 Å². The summed E-state index contributed by atoms with van der Waals surface area (Å²) in [6.07, 6.45) is 8.86. The molecule has 22 heavy (non-hydrogen) atoms. The summed E-state index contributed by atoms with van der Waals surface area (Å²) in [5.41, 5.74) is 5.02. The lowest BCUT2D eigenvalue weighted by atomic mass is 9.76. The second-order valence-electron chi connectivity index (χ2n) is 8.22. The van der Waals surface area contributed by atoms with Crippen molar-refractivity contribution in [1.82, 2.24) is 4.90 Å². The number of nitrogens with two attached hydrogens (primary N) is 1. The Morgan fingerprint density at radius 2 is 2.09 bits per heavy atom. The van der Waals surface area contributed by atoms with Crippen LogP contribution < -0.4 is 5.73 Å². The molecule has 1 heterocycles. The molecule has 0 aromatic heterocycles. The number of carbonyl (C=O) groups excluding carboxylic acids is 2. The number of primary amides is 1. The number of allylic oxidation sites excluding steroid dienone is 1. The van der Waals surface area contributed by atoms with Crippen LogP contribution in [0.25, 0.3) is 0 Å². The molecule has 4 nitrogen and oxygen atoms in total. The third-order valence-corrected chi connectivity index (χ3v) is 5.95. The second-order valence-corrected chi connectivity index (χ2v) is 8.22. The van der Waals surface area contributed by atoms with Gasteiger partial charge >= 0.3 is 0 Å². The summed E-state index contributed by atoms with van der Waals surface area (Å²) in [7, 11) is 0. The Kier molecular flexibility index (Phi) is 3.71. The molecule has 2 fully saturated rings. The zero-order valence-electron chi connectivity index (χ0n) is 14.0. The molecule has 2 N–H and O–H groups in total. The number of carbonyl (C=O) groups is 2. The van der Waals surface area contributed by atoms with Crippen LogP contribution in [0, 0.1) is 17.8 Å². The van der Waals surface area contributed by atoms with Crippen molar-refractivity contribution in [3.63, 3.8) is 0 Å². The third-order valence-electron chi connectivity index (χ3n) is 5.95. The first-order chi connectivity index (χ1) is 10.3. The average molecular weight is 304 g/mol. The van der Waals surface area contributed by atoms with E-state index in [1.54, 1.807) is 0 Å². The molecular formula is C18H28N2O2. The Morgan fingerprint density at radius 1 is 1.36 bits per heavy atom. The highest BCUT2D eigenvalue weighted by Crippen LogP contribution is 2.48. The molecule has 0 aromatic rings. The van der Waals surface area contributed by atoms with Crippen molar-refractivity contribution in [3.8, 4) is 0 Å². The number of nitrogens with zero attached hydrogens (tertiary/aromatic N) is 1. The van der Waals surface area contributed by atoms with E-state index in [9.17, 15) is 9.59 Å². The van der Waals surface area contributed by atoms with Gasteiger partial charge < -0.3 is 5.73 Å². The van der Waals surface area contributed by atoms with Crippen molar-refractivity contribution in [2.24, 2.45) is 23.5 Å². The van der Waals surface area contributed by atoms with Gasteiger partial charge in [0.05, 0.1) is 5.54 Å². The van der Waals surface area contributed by atoms with Crippen LogP contribution in [0.4, 0.5) is 0 Å². The number of ketones is 1. The molecule has 1 saturated heterocycles. The summed E-state index contributed by atoms with van der Waals surface area (Å²) in [5.74, 6) is -0.201. The number of fused-ring (bicyclic) bond motifs is 1. The van der Waals surface area contributed by atoms with Gasteiger partial charge in [0.1, 0.15) is 0 Å². The molecule has 2 aliphatic carbocycles. The SMILES string of the molecule is CC(C)(C)N1CCCC12C=CCC1CCC(C(N)=O)C1C2=O. The fourth-order valence-corrected chi connectivity index (χ4v) is 5.07. The number of hydrogen-bond donors (Lipinski definition) is 1. The van der Waals surface area contributed by atoms with E-state index in [4.69, 9.17) is 5.73 Å². The van der Waals surface area contributed by atoms with Crippen molar-refractivity contribution in [2.45, 2.75) is 64.0 Å². The Hall–Kier alpha value is -1.16. The normalized spacial score (nSPS) is 39.2. The predicted molar refractivity (Wildman–Crippen MR) is 86.1 cm³/mol. The molecule has 4 atom stereocenters. The minimum Gasteiger partial charge on any atom is -0.369 e. The van der Waals surface area contributed by atoms with Crippen LogP contribution in [-0.4, -0.2) is 34.2 Å². The molecule has 1 saturated carbocycles. The molecule has 1 aliphatic heterocycles. The smallest absolute Gasteiger partial charge is 0.221 e. The maximum absolute atomic E-state index is 13.5. The summed E-state index contributed by atoms with van der Waals surface area (Å²) in [6.45, 7) is 7.45. The molecule has 1 spiro atoms. The zero-order chi connectivity index (χ0) is 16.1. The maximum Gasteiger partial charge on any atom is 0.221 e. The van der Waals surface area contributed by atoms with Crippen LogP contribution >= 0.6 is 0 Å². The van der Waals surface area contributed by atoms with Crippen molar-refractivity contribution in [3.05, 3.63) is 12.2 Å². The fourth-order valence-electron chi connectivity index (χ4n) is 5.07. The van der Waals surface area contributed by atoms with Gasteiger partial charge in [-0.1, -0.05) is 12.2 Å². The van der Waals surface area contributed by atoms with Crippen molar-refractivity contribution < 1.29 is 9.59 Å². The van der Waals surface area contributed by atoms with Crippen LogP contribution in [0.5, 0.6) is 0 Å². The Labute approximate surface area is 133 Å². The molecule has 0 bridgehead atoms. The minimum atomic E-state index is -0.518. The second kappa shape index (κ2) is 5.19. The van der Waals surface area contributed by atoms with Gasteiger partial charge in [-0.2, -0.15) is 0 Å². The van der Waals surface area contributed by atoms with Gasteiger partial charge in [-0.3, -0.25) is 14.5 Å². The van der Waals surface area contributed by atoms with E-state index in [0.717, 1.165) is 38.6 Å². The predicted octanol–water partition coefficient (Wildman–Crippen LogP) is 2.28. The summed E-state index contributed by atoms with van der Waals surface area (Å²) in [5, 5.41) is 0. The first-order valence-corrected chi connectivity index (χ1v) is 8.56. The zero-order valence-corrected chi connectivity index (χ0v) is 14.0. The topological polar surface area (TPSA) is 63.4 Å². The van der Waals surface area contributed by atoms with Gasteiger partial charge in [-0.05, 0) is 58.8 Å². The molecule has 1 amide bonds. The van der Waals surface area contributed by atoms with Gasteiger partial charge in [0.25, 0.3) is 0 Å². The number of rotatable bonds is 1. The molecule has 4 unspecified atom stereocenters. The van der Waals surface area contributed by atoms with Gasteiger partial charge in [-0.15, -0.1) is 0 Å². The molecular weight excluding hydrogens is 276 g/mol. The van der Waals surface area contributed by atoms with Crippen molar-refractivity contribution in [2.75, 3.05) is 6.54 Å². The van der Waals surface area contributed by atoms with E-state index in [1.165, 1.54) is 0 Å². The maximum atomic E-state index is 13.5. The lowest BCUT2D eigenvalue weighted by molar-refractivity contribution is -0.139. The van der Waals surface area contributed by atoms with Crippen LogP contribution in [-0.2, 0) is 9.59 Å². The number of likely N-dealkylation sites (tertiary alicyclic amines) is 1. The van der Waals surface area contributed by atoms with E-state index < -0.39 is 5.54 Å². The van der Waals surface area contributed by atoms with Crippen molar-refractivity contribution in [1.29, 1.82) is 0 Å². The molecule has 3 aliphatic rings. The summed E-state index contributed by atoms with van der Waals surface area (Å²) in [6, 6.07) is 0. The summed E-state index contributed by atoms with van der Waals surface area (Å²) >= 11 is 0. The first kappa shape index (κ1) is 15.7. The standard InChI is InChI=1S/C18H28N2O2/c1-17(2,3)20-11-5-10-18(20)9-4-6-12-7-8-13(16(19)22)14(12)15(18)21/h4,9,12-14H,5-8,10-11H2,1-3H3,(H2,19,22). The van der Waals surface area contributed by atoms with E-state index in [1.807, 2.05) is 0 Å². The third kappa shape index (κ3) is 2.23. The monoisotopic (exact) mass is 304 g/mol. The van der Waals surface area contributed by atoms with E-state index >= 15 is 0 Å². The van der Waals surface area contributed by atoms with Crippen LogP contribution in [0.3, 0.4) is 0 Å². The average Bonchev–Trinajstić information content (AvgIpc) is 2.99. The Bertz CT molecular complexity index is 520. The molecule has 0 radical (unpaired) electrons. The summed E-state index contributed by atoms with van der Waals surface area (Å²) in [4.78, 5) is 27.7. The summed E-state index contributed by atoms with van der Waals surface area (Å²) < 4.78 is 0. The van der Waals surface area contributed by atoms with Crippen LogP contribution in [0.1, 0.15) is 52.9 Å². The van der Waals surface area contributed by atoms with Gasteiger partial charge in [-0.25, -0.2) is 0 Å². The molecule has 4 heteroatoms. The van der Waals surface area contributed by atoms with Gasteiger partial charge in [0, 0.05) is 23.9 Å². The number of amides is 1. The quantitative estimate of drug-likeness (QED) is 0.756. The lowest BCUT2D eigenvalue weighted by Gasteiger charge is -2.45. The van der Waals surface area contributed by atoms with E-state index in [-0.39, 0.29) is 29.1 Å². The minimum absolute atomic E-state index is 0.0584. The molecule has 122 valence electrons. The number of hydrogen-bond acceptors (Lipinski definition) is 3. The highest BCUT2D eigenvalue weighted by Gasteiger charge is 2.56. The number of Topliss-reactive ketones (excluding diaryl/α,β-unsaturated/α-hetero) is 1. The van der Waals surface area contributed by atoms with Crippen molar-refractivity contribution >= 4 is 11.7 Å². The van der Waals surface area contributed by atoms with E-state index in [0.29, 0.717) is 5.92 Å². The first-order valence-electron chi connectivity index (χ1n) is 8.56. The Balaban J connectivity index is 2.02. The highest BCUT2D eigenvalue weighted by molar-refractivity contribution is 5.97. The lowest BCUT2D eigenvalue weighted by Crippen LogP contribution is -2.59. The molecule has 0 aromatic carbocycles. The van der Waals surface area contributed by atoms with Gasteiger partial charge in [0.15, 0.2) is 5.78 Å². The molecule has 3 rings (SSSR count). The fraction of sp³-hybridized carbons (Fsp3) is 0.778. The highest BCUT2D eigenvalue weighted by atomic mass is 16.2. The van der Waals surface area contributed by atoms with Gasteiger partial charge in [0.2, 0.25) is 5.91 Å². The Morgan fingerprint density at radius 3 is 2.73 bits per heavy atom. The largest absolute Gasteiger partial charge is 0.369 e. The van der Waals surface area contributed by atoms with Crippen LogP contribution in [0.2, 0.25) is 0 Å².